The zero-order chi connectivity index (χ0) is 12.1. The van der Waals surface area contributed by atoms with Crippen LogP contribution >= 0.6 is 8.15 Å². The Kier molecular flexibility index (Phi) is 4.53. The van der Waals surface area contributed by atoms with Crippen molar-refractivity contribution in [2.75, 3.05) is 12.8 Å². The van der Waals surface area contributed by atoms with Crippen molar-refractivity contribution in [2.24, 2.45) is 0 Å². The summed E-state index contributed by atoms with van der Waals surface area (Å²) in [6, 6.07) is 15.1. The fraction of sp³-hybridized carbons (Fsp3) is 0.333. The van der Waals surface area contributed by atoms with Gasteiger partial charge in [-0.3, -0.25) is 0 Å². The van der Waals surface area contributed by atoms with Gasteiger partial charge < -0.3 is 4.52 Å². The Morgan fingerprint density at radius 3 is 2.53 bits per heavy atom. The largest absolute Gasteiger partial charge is 0.354 e. The molecule has 0 radical (unpaired) electrons. The Morgan fingerprint density at radius 1 is 1.00 bits per heavy atom. The third-order valence-electron chi connectivity index (χ3n) is 2.77. The lowest BCUT2D eigenvalue weighted by Gasteiger charge is -2.17. The lowest BCUT2D eigenvalue weighted by atomic mass is 10.1. The second-order valence-corrected chi connectivity index (χ2v) is 6.16. The average Bonchev–Trinajstić information content (AvgIpc) is 2.40. The monoisotopic (exact) mass is 246 g/mol. The van der Waals surface area contributed by atoms with Crippen LogP contribution in [-0.4, -0.2) is 12.8 Å². The molecule has 0 bridgehead atoms. The Morgan fingerprint density at radius 2 is 1.76 bits per heavy atom. The molecule has 0 saturated carbocycles. The van der Waals surface area contributed by atoms with Gasteiger partial charge in [-0.15, -0.1) is 0 Å². The molecule has 2 aromatic carbocycles. The van der Waals surface area contributed by atoms with Crippen LogP contribution in [0, 0.1) is 0 Å². The molecular formula is C15H19OP. The van der Waals surface area contributed by atoms with Gasteiger partial charge in [-0.2, -0.15) is 0 Å². The molecule has 0 spiro atoms. The second kappa shape index (κ2) is 6.14. The minimum absolute atomic E-state index is 0.459. The zero-order valence-corrected chi connectivity index (χ0v) is 11.4. The quantitative estimate of drug-likeness (QED) is 0.714. The number of fused-ring (bicyclic) bond motifs is 1. The molecule has 1 nitrogen and oxygen atoms in total. The van der Waals surface area contributed by atoms with Crippen molar-refractivity contribution in [3.8, 4) is 0 Å². The van der Waals surface area contributed by atoms with E-state index in [0.717, 1.165) is 19.2 Å². The standard InChI is InChI=1S/C15H19OP/c1-3-12-16-17(4-2)15-11-7-9-13-8-5-6-10-14(13)15/h5-11H,3-4,12H2,1-2H3. The summed E-state index contributed by atoms with van der Waals surface area (Å²) in [4.78, 5) is 0. The Hall–Kier alpha value is -0.910. The number of benzene rings is 2. The predicted octanol–water partition coefficient (Wildman–Crippen LogP) is 4.31. The van der Waals surface area contributed by atoms with Crippen molar-refractivity contribution in [2.45, 2.75) is 20.3 Å². The van der Waals surface area contributed by atoms with Gasteiger partial charge in [0.1, 0.15) is 0 Å². The van der Waals surface area contributed by atoms with Crippen LogP contribution in [0.3, 0.4) is 0 Å². The molecule has 0 N–H and O–H groups in total. The first kappa shape index (κ1) is 12.5. The first-order valence-corrected chi connectivity index (χ1v) is 7.69. The third-order valence-corrected chi connectivity index (χ3v) is 4.77. The van der Waals surface area contributed by atoms with E-state index in [1.165, 1.54) is 16.1 Å². The van der Waals surface area contributed by atoms with Gasteiger partial charge in [-0.05, 0) is 23.4 Å². The average molecular weight is 246 g/mol. The molecule has 17 heavy (non-hydrogen) atoms. The van der Waals surface area contributed by atoms with Crippen LogP contribution in [0.1, 0.15) is 20.3 Å². The molecule has 2 rings (SSSR count). The van der Waals surface area contributed by atoms with E-state index in [9.17, 15) is 0 Å². The highest BCUT2D eigenvalue weighted by molar-refractivity contribution is 7.61. The lowest BCUT2D eigenvalue weighted by molar-refractivity contribution is 0.356. The molecular weight excluding hydrogens is 227 g/mol. The zero-order valence-electron chi connectivity index (χ0n) is 10.5. The first-order valence-electron chi connectivity index (χ1n) is 6.25. The van der Waals surface area contributed by atoms with E-state index in [4.69, 9.17) is 4.52 Å². The smallest absolute Gasteiger partial charge is 0.0607 e. The number of rotatable bonds is 5. The summed E-state index contributed by atoms with van der Waals surface area (Å²) in [7, 11) is -0.459. The van der Waals surface area contributed by atoms with E-state index >= 15 is 0 Å². The molecule has 1 atom stereocenters. The maximum Gasteiger partial charge on any atom is 0.0607 e. The minimum atomic E-state index is -0.459. The first-order chi connectivity index (χ1) is 8.36. The minimum Gasteiger partial charge on any atom is -0.354 e. The van der Waals surface area contributed by atoms with Crippen molar-refractivity contribution in [3.63, 3.8) is 0 Å². The summed E-state index contributed by atoms with van der Waals surface area (Å²) in [6.07, 6.45) is 2.17. The van der Waals surface area contributed by atoms with E-state index in [-0.39, 0.29) is 0 Å². The fourth-order valence-electron chi connectivity index (χ4n) is 1.96. The van der Waals surface area contributed by atoms with E-state index < -0.39 is 8.15 Å². The van der Waals surface area contributed by atoms with E-state index in [1.807, 2.05) is 0 Å². The fourth-order valence-corrected chi connectivity index (χ4v) is 3.75. The Labute approximate surface area is 105 Å². The van der Waals surface area contributed by atoms with Crippen LogP contribution in [0.25, 0.3) is 10.8 Å². The highest BCUT2D eigenvalue weighted by Crippen LogP contribution is 2.37. The maximum atomic E-state index is 6.00. The lowest BCUT2D eigenvalue weighted by Crippen LogP contribution is -2.07. The maximum absolute atomic E-state index is 6.00. The summed E-state index contributed by atoms with van der Waals surface area (Å²) >= 11 is 0. The van der Waals surface area contributed by atoms with Gasteiger partial charge in [0.25, 0.3) is 0 Å². The Bertz CT molecular complexity index is 476. The van der Waals surface area contributed by atoms with E-state index in [1.54, 1.807) is 0 Å². The van der Waals surface area contributed by atoms with Gasteiger partial charge >= 0.3 is 0 Å². The highest BCUT2D eigenvalue weighted by Gasteiger charge is 2.12. The van der Waals surface area contributed by atoms with Crippen LogP contribution in [0.15, 0.2) is 42.5 Å². The Balaban J connectivity index is 2.38. The SMILES string of the molecule is CCCOP(CC)c1cccc2ccccc12. The van der Waals surface area contributed by atoms with Gasteiger partial charge in [0.2, 0.25) is 0 Å². The van der Waals surface area contributed by atoms with Crippen molar-refractivity contribution in [1.82, 2.24) is 0 Å². The number of hydrogen-bond donors (Lipinski definition) is 0. The molecule has 2 heteroatoms. The van der Waals surface area contributed by atoms with Crippen LogP contribution in [-0.2, 0) is 4.52 Å². The molecule has 0 aliphatic rings. The van der Waals surface area contributed by atoms with Gasteiger partial charge in [0.15, 0.2) is 0 Å². The molecule has 0 aromatic heterocycles. The molecule has 0 aliphatic carbocycles. The van der Waals surface area contributed by atoms with Gasteiger partial charge in [-0.1, -0.05) is 56.3 Å². The van der Waals surface area contributed by atoms with Crippen molar-refractivity contribution < 1.29 is 4.52 Å². The normalized spacial score (nSPS) is 12.8. The van der Waals surface area contributed by atoms with Crippen molar-refractivity contribution in [1.29, 1.82) is 0 Å². The molecule has 90 valence electrons. The van der Waals surface area contributed by atoms with Gasteiger partial charge in [0, 0.05) is 5.30 Å². The predicted molar refractivity (Wildman–Crippen MR) is 77.3 cm³/mol. The van der Waals surface area contributed by atoms with E-state index in [0.29, 0.717) is 0 Å². The number of hydrogen-bond acceptors (Lipinski definition) is 1. The van der Waals surface area contributed by atoms with Gasteiger partial charge in [0.05, 0.1) is 14.8 Å². The van der Waals surface area contributed by atoms with Crippen molar-refractivity contribution >= 4 is 24.2 Å². The van der Waals surface area contributed by atoms with Crippen LogP contribution in [0.4, 0.5) is 0 Å². The topological polar surface area (TPSA) is 9.23 Å². The third kappa shape index (κ3) is 2.86. The van der Waals surface area contributed by atoms with Crippen LogP contribution < -0.4 is 5.30 Å². The molecule has 0 amide bonds. The molecule has 1 unspecified atom stereocenters. The molecule has 2 aromatic rings. The van der Waals surface area contributed by atoms with Gasteiger partial charge in [-0.25, -0.2) is 0 Å². The molecule has 0 heterocycles. The molecule has 0 fully saturated rings. The summed E-state index contributed by atoms with van der Waals surface area (Å²) < 4.78 is 6.00. The molecule has 0 aliphatic heterocycles. The molecule has 0 saturated heterocycles. The summed E-state index contributed by atoms with van der Waals surface area (Å²) in [5, 5.41) is 4.04. The second-order valence-electron chi connectivity index (χ2n) is 4.03. The summed E-state index contributed by atoms with van der Waals surface area (Å²) in [5.41, 5.74) is 0. The summed E-state index contributed by atoms with van der Waals surface area (Å²) in [6.45, 7) is 5.23. The van der Waals surface area contributed by atoms with Crippen LogP contribution in [0.5, 0.6) is 0 Å². The summed E-state index contributed by atoms with van der Waals surface area (Å²) in [5.74, 6) is 0. The van der Waals surface area contributed by atoms with E-state index in [2.05, 4.69) is 56.3 Å². The van der Waals surface area contributed by atoms with Crippen molar-refractivity contribution in [3.05, 3.63) is 42.5 Å². The van der Waals surface area contributed by atoms with Crippen LogP contribution in [0.2, 0.25) is 0 Å². The highest BCUT2D eigenvalue weighted by atomic mass is 31.1.